The Morgan fingerprint density at radius 3 is 1.55 bits per heavy atom. The van der Waals surface area contributed by atoms with E-state index in [4.69, 9.17) is 0 Å². The molecule has 0 aromatic carbocycles. The van der Waals surface area contributed by atoms with E-state index in [1.807, 2.05) is 0 Å². The van der Waals surface area contributed by atoms with Gasteiger partial charge < -0.3 is 0 Å². The average molecular weight is 205 g/mol. The summed E-state index contributed by atoms with van der Waals surface area (Å²) in [7, 11) is 3.26. The van der Waals surface area contributed by atoms with Crippen LogP contribution in [0.2, 0.25) is 24.2 Å². The Morgan fingerprint density at radius 1 is 0.727 bits per heavy atom. The van der Waals surface area contributed by atoms with Gasteiger partial charge in [-0.25, -0.2) is 0 Å². The van der Waals surface area contributed by atoms with Crippen molar-refractivity contribution >= 4 is 30.0 Å². The van der Waals surface area contributed by atoms with E-state index in [2.05, 4.69) is 0 Å². The van der Waals surface area contributed by atoms with E-state index in [1.54, 1.807) is 37.8 Å². The molecule has 0 N–H and O–H groups in total. The van der Waals surface area contributed by atoms with Gasteiger partial charge in [-0.1, -0.05) is 49.9 Å². The van der Waals surface area contributed by atoms with Crippen LogP contribution >= 0.6 is 0 Å². The highest BCUT2D eigenvalue weighted by molar-refractivity contribution is 6.35. The van der Waals surface area contributed by atoms with Crippen LogP contribution in [0, 0.1) is 0 Å². The number of rotatable bonds is 8. The summed E-state index contributed by atoms with van der Waals surface area (Å²) in [4.78, 5) is 0. The Labute approximate surface area is 80.2 Å². The third-order valence-corrected chi connectivity index (χ3v) is 5.62. The molecule has 11 heavy (non-hydrogen) atoms. The molecular formula is C8H24Si3. The molecule has 0 fully saturated rings. The Kier molecular flexibility index (Phi) is 11.3. The molecule has 0 unspecified atom stereocenters. The molecule has 0 saturated heterocycles. The second-order valence-electron chi connectivity index (χ2n) is 3.47. The van der Waals surface area contributed by atoms with Crippen molar-refractivity contribution in [2.75, 3.05) is 0 Å². The van der Waals surface area contributed by atoms with Gasteiger partial charge in [-0.2, -0.15) is 0 Å². The van der Waals surface area contributed by atoms with Gasteiger partial charge in [-0.3, -0.25) is 0 Å². The van der Waals surface area contributed by atoms with Crippen LogP contribution in [0.4, 0.5) is 0 Å². The number of hydrogen-bond donors (Lipinski definition) is 0. The lowest BCUT2D eigenvalue weighted by molar-refractivity contribution is 0.850. The van der Waals surface area contributed by atoms with E-state index < -0.39 is 0 Å². The van der Waals surface area contributed by atoms with Crippen molar-refractivity contribution < 1.29 is 0 Å². The second kappa shape index (κ2) is 10.7. The van der Waals surface area contributed by atoms with Crippen LogP contribution in [0.15, 0.2) is 0 Å². The van der Waals surface area contributed by atoms with Crippen LogP contribution in [0.1, 0.15) is 25.7 Å². The third kappa shape index (κ3) is 10.7. The first-order valence-electron chi connectivity index (χ1n) is 5.41. The summed E-state index contributed by atoms with van der Waals surface area (Å²) in [5, 5.41) is 0. The largest absolute Gasteiger partial charge is 0.0659 e. The minimum atomic E-state index is 0.402. The molecule has 68 valence electrons. The van der Waals surface area contributed by atoms with Gasteiger partial charge in [0.15, 0.2) is 0 Å². The normalized spacial score (nSPS) is 12.0. The lowest BCUT2D eigenvalue weighted by Gasteiger charge is -1.98. The summed E-state index contributed by atoms with van der Waals surface area (Å²) in [5.41, 5.74) is 0. The summed E-state index contributed by atoms with van der Waals surface area (Å²) in [6.07, 6.45) is 6.22. The zero-order valence-corrected chi connectivity index (χ0v) is 13.8. The van der Waals surface area contributed by atoms with Crippen molar-refractivity contribution in [2.24, 2.45) is 0 Å². The highest BCUT2D eigenvalue weighted by Crippen LogP contribution is 2.03. The molecule has 0 amide bonds. The molecule has 0 aliphatic carbocycles. The highest BCUT2D eigenvalue weighted by atomic mass is 28.2. The topological polar surface area (TPSA) is 0 Å². The predicted octanol–water partition coefficient (Wildman–Crippen LogP) is 0.120. The van der Waals surface area contributed by atoms with Gasteiger partial charge in [-0.05, 0) is 0 Å². The Hall–Kier alpha value is 0.651. The standard InChI is InChI=1S/C8H24Si3/c9-5-1-3-7-11-8-4-2-6-10/h1-8,11H2,9-10H3. The number of unbranched alkanes of at least 4 members (excludes halogenated alkanes) is 2. The molecule has 0 aromatic heterocycles. The predicted molar refractivity (Wildman–Crippen MR) is 66.1 cm³/mol. The highest BCUT2D eigenvalue weighted by Gasteiger charge is 1.89. The molecule has 0 radical (unpaired) electrons. The summed E-state index contributed by atoms with van der Waals surface area (Å²) in [6.45, 7) is 0. The zero-order valence-electron chi connectivity index (χ0n) is 8.36. The van der Waals surface area contributed by atoms with Gasteiger partial charge in [0.05, 0.1) is 0 Å². The van der Waals surface area contributed by atoms with Crippen molar-refractivity contribution in [1.29, 1.82) is 0 Å². The molecule has 0 aliphatic rings. The first-order valence-corrected chi connectivity index (χ1v) is 10.2. The molecular weight excluding hydrogens is 180 g/mol. The minimum Gasteiger partial charge on any atom is -0.0659 e. The van der Waals surface area contributed by atoms with Gasteiger partial charge in [0, 0.05) is 30.0 Å². The monoisotopic (exact) mass is 204 g/mol. The fourth-order valence-corrected chi connectivity index (χ4v) is 4.15. The Balaban J connectivity index is 2.69. The molecule has 0 rings (SSSR count). The van der Waals surface area contributed by atoms with Gasteiger partial charge in [0.1, 0.15) is 0 Å². The Morgan fingerprint density at radius 2 is 1.18 bits per heavy atom. The van der Waals surface area contributed by atoms with Crippen molar-refractivity contribution in [1.82, 2.24) is 0 Å². The molecule has 0 bridgehead atoms. The first kappa shape index (κ1) is 11.7. The number of hydrogen-bond acceptors (Lipinski definition) is 0. The summed E-state index contributed by atoms with van der Waals surface area (Å²) in [6, 6.07) is 6.36. The summed E-state index contributed by atoms with van der Waals surface area (Å²) >= 11 is 0. The van der Waals surface area contributed by atoms with Crippen LogP contribution in [0.3, 0.4) is 0 Å². The molecule has 0 atom stereocenters. The fraction of sp³-hybridized carbons (Fsp3) is 1.00. The maximum Gasteiger partial charge on any atom is 0.0197 e. The zero-order chi connectivity index (χ0) is 8.36. The molecule has 0 nitrogen and oxygen atoms in total. The lowest BCUT2D eigenvalue weighted by atomic mass is 10.4. The van der Waals surface area contributed by atoms with Crippen molar-refractivity contribution in [2.45, 2.75) is 49.9 Å². The SMILES string of the molecule is [SiH3]CCCC[SiH2]CCCC[SiH3]. The maximum atomic E-state index is 1.64. The lowest BCUT2D eigenvalue weighted by Crippen LogP contribution is -1.89. The van der Waals surface area contributed by atoms with Crippen LogP contribution < -0.4 is 0 Å². The smallest absolute Gasteiger partial charge is 0.0197 e. The van der Waals surface area contributed by atoms with Crippen LogP contribution in [0.5, 0.6) is 0 Å². The fourth-order valence-electron chi connectivity index (χ4n) is 1.38. The minimum absolute atomic E-state index is 0.402. The quantitative estimate of drug-likeness (QED) is 0.389. The molecule has 3 heteroatoms. The van der Waals surface area contributed by atoms with Gasteiger partial charge in [-0.15, -0.1) is 0 Å². The second-order valence-corrected chi connectivity index (χ2v) is 7.60. The van der Waals surface area contributed by atoms with Gasteiger partial charge in [0.25, 0.3) is 0 Å². The van der Waals surface area contributed by atoms with Gasteiger partial charge in [0.2, 0.25) is 0 Å². The Bertz CT molecular complexity index is 58.4. The summed E-state index contributed by atoms with van der Waals surface area (Å²) < 4.78 is 0. The van der Waals surface area contributed by atoms with Crippen LogP contribution in [-0.2, 0) is 0 Å². The van der Waals surface area contributed by atoms with Crippen LogP contribution in [0.25, 0.3) is 0 Å². The average Bonchev–Trinajstić information content (AvgIpc) is 2.03. The van der Waals surface area contributed by atoms with E-state index in [0.717, 1.165) is 0 Å². The van der Waals surface area contributed by atoms with Crippen molar-refractivity contribution in [3.63, 3.8) is 0 Å². The van der Waals surface area contributed by atoms with E-state index in [9.17, 15) is 0 Å². The molecule has 0 heterocycles. The van der Waals surface area contributed by atoms with Crippen molar-refractivity contribution in [3.05, 3.63) is 0 Å². The third-order valence-electron chi connectivity index (χ3n) is 2.21. The van der Waals surface area contributed by atoms with E-state index in [0.29, 0.717) is 9.52 Å². The summed E-state index contributed by atoms with van der Waals surface area (Å²) in [5.74, 6) is 0. The molecule has 0 saturated carbocycles. The van der Waals surface area contributed by atoms with E-state index >= 15 is 0 Å². The van der Waals surface area contributed by atoms with E-state index in [-0.39, 0.29) is 0 Å². The molecule has 0 spiro atoms. The van der Waals surface area contributed by atoms with Crippen LogP contribution in [-0.4, -0.2) is 30.0 Å². The first-order chi connectivity index (χ1) is 5.41. The molecule has 0 aliphatic heterocycles. The van der Waals surface area contributed by atoms with Gasteiger partial charge >= 0.3 is 0 Å². The van der Waals surface area contributed by atoms with E-state index in [1.165, 1.54) is 32.6 Å². The van der Waals surface area contributed by atoms with Crippen molar-refractivity contribution in [3.8, 4) is 0 Å². The maximum absolute atomic E-state index is 1.64. The molecule has 0 aromatic rings.